The second kappa shape index (κ2) is 6.78. The number of ether oxygens (including phenoxy) is 2. The molecule has 2 saturated heterocycles. The number of likely N-dealkylation sites (tertiary alicyclic amines) is 1. The van der Waals surface area contributed by atoms with E-state index in [-0.39, 0.29) is 11.7 Å². The second-order valence-electron chi connectivity index (χ2n) is 6.76. The highest BCUT2D eigenvalue weighted by Gasteiger charge is 2.43. The van der Waals surface area contributed by atoms with E-state index < -0.39 is 0 Å². The first-order chi connectivity index (χ1) is 11.7. The van der Waals surface area contributed by atoms with Crippen molar-refractivity contribution in [1.29, 1.82) is 0 Å². The average Bonchev–Trinajstić information content (AvgIpc) is 3.18. The Bertz CT molecular complexity index is 668. The molecule has 2 fully saturated rings. The number of hydrogen-bond acceptors (Lipinski definition) is 6. The van der Waals surface area contributed by atoms with E-state index in [0.717, 1.165) is 49.7 Å². The molecule has 128 valence electrons. The van der Waals surface area contributed by atoms with Crippen LogP contribution in [-0.2, 0) is 11.3 Å². The minimum atomic E-state index is 0.00136. The molecule has 0 aromatic carbocycles. The van der Waals surface area contributed by atoms with Crippen molar-refractivity contribution in [2.24, 2.45) is 0 Å². The summed E-state index contributed by atoms with van der Waals surface area (Å²) in [5.74, 6) is 0.833. The van der Waals surface area contributed by atoms with Gasteiger partial charge in [0, 0.05) is 37.6 Å². The summed E-state index contributed by atoms with van der Waals surface area (Å²) >= 11 is 1.73. The van der Waals surface area contributed by atoms with Gasteiger partial charge in [-0.2, -0.15) is 0 Å². The van der Waals surface area contributed by atoms with Crippen LogP contribution in [0.1, 0.15) is 30.0 Å². The third kappa shape index (κ3) is 3.61. The van der Waals surface area contributed by atoms with Crippen LogP contribution < -0.4 is 4.74 Å². The topological polar surface area (TPSA) is 47.5 Å². The molecule has 0 aliphatic carbocycles. The Morgan fingerprint density at radius 2 is 2.29 bits per heavy atom. The number of nitrogens with zero attached hydrogens (tertiary/aromatic N) is 3. The number of rotatable bonds is 4. The number of thiazole rings is 1. The van der Waals surface area contributed by atoms with E-state index in [1.807, 2.05) is 12.1 Å². The Hall–Kier alpha value is -1.50. The lowest BCUT2D eigenvalue weighted by Gasteiger charge is -2.38. The van der Waals surface area contributed by atoms with Crippen LogP contribution in [0.2, 0.25) is 0 Å². The van der Waals surface area contributed by atoms with E-state index in [2.05, 4.69) is 27.2 Å². The molecular weight excluding hydrogens is 322 g/mol. The molecule has 5 nitrogen and oxygen atoms in total. The van der Waals surface area contributed by atoms with Crippen LogP contribution >= 0.6 is 11.3 Å². The summed E-state index contributed by atoms with van der Waals surface area (Å²) in [7, 11) is 0. The first-order valence-corrected chi connectivity index (χ1v) is 9.43. The molecule has 0 radical (unpaired) electrons. The van der Waals surface area contributed by atoms with Crippen molar-refractivity contribution in [2.45, 2.75) is 44.4 Å². The number of aromatic nitrogens is 2. The summed E-state index contributed by atoms with van der Waals surface area (Å²) in [5, 5.41) is 3.32. The fourth-order valence-electron chi connectivity index (χ4n) is 3.66. The smallest absolute Gasteiger partial charge is 0.138 e. The van der Waals surface area contributed by atoms with Gasteiger partial charge in [0.15, 0.2) is 0 Å². The first kappa shape index (κ1) is 16.0. The predicted octanol–water partition coefficient (Wildman–Crippen LogP) is 3.05. The van der Waals surface area contributed by atoms with E-state index in [1.165, 1.54) is 5.69 Å². The zero-order valence-electron chi connectivity index (χ0n) is 14.0. The van der Waals surface area contributed by atoms with Crippen molar-refractivity contribution in [3.05, 3.63) is 40.6 Å². The van der Waals surface area contributed by atoms with Gasteiger partial charge in [-0.05, 0) is 31.9 Å². The van der Waals surface area contributed by atoms with Gasteiger partial charge < -0.3 is 9.47 Å². The fourth-order valence-corrected chi connectivity index (χ4v) is 4.27. The molecule has 0 amide bonds. The van der Waals surface area contributed by atoms with Crippen LogP contribution in [0.15, 0.2) is 29.9 Å². The van der Waals surface area contributed by atoms with E-state index in [9.17, 15) is 0 Å². The molecule has 6 heteroatoms. The molecule has 4 heterocycles. The lowest BCUT2D eigenvalue weighted by Crippen LogP contribution is -2.44. The number of aryl methyl sites for hydroxylation is 1. The zero-order chi connectivity index (χ0) is 16.4. The van der Waals surface area contributed by atoms with Gasteiger partial charge in [-0.15, -0.1) is 11.3 Å². The highest BCUT2D eigenvalue weighted by Crippen LogP contribution is 2.37. The Kier molecular flexibility index (Phi) is 4.52. The Labute approximate surface area is 146 Å². The Balaban J connectivity index is 1.29. The first-order valence-electron chi connectivity index (χ1n) is 8.55. The molecule has 2 aromatic heterocycles. The highest BCUT2D eigenvalue weighted by molar-refractivity contribution is 7.09. The molecule has 0 bridgehead atoms. The summed E-state index contributed by atoms with van der Waals surface area (Å²) in [4.78, 5) is 11.2. The van der Waals surface area contributed by atoms with Crippen molar-refractivity contribution < 1.29 is 9.47 Å². The van der Waals surface area contributed by atoms with Gasteiger partial charge in [0.05, 0.1) is 29.1 Å². The molecule has 2 aliphatic rings. The predicted molar refractivity (Wildman–Crippen MR) is 93.3 cm³/mol. The largest absolute Gasteiger partial charge is 0.486 e. The maximum Gasteiger partial charge on any atom is 0.138 e. The lowest BCUT2D eigenvalue weighted by molar-refractivity contribution is -0.0456. The van der Waals surface area contributed by atoms with Gasteiger partial charge in [0.1, 0.15) is 11.9 Å². The quantitative estimate of drug-likeness (QED) is 0.852. The third-order valence-electron chi connectivity index (χ3n) is 4.93. The van der Waals surface area contributed by atoms with E-state index in [4.69, 9.17) is 9.47 Å². The van der Waals surface area contributed by atoms with Crippen LogP contribution in [0.5, 0.6) is 5.75 Å². The zero-order valence-corrected chi connectivity index (χ0v) is 14.8. The SMILES string of the molecule is Cc1nc(CN2CCC3(CC2)C[C@H](Oc2cccnc2)CO3)cs1. The monoisotopic (exact) mass is 345 g/mol. The standard InChI is InChI=1S/C18H23N3O2S/c1-14-20-15(13-24-14)11-21-7-4-18(5-8-21)9-17(12-22-18)23-16-3-2-6-19-10-16/h2-3,6,10,13,17H,4-5,7-9,11-12H2,1H3/t17-/m0/s1. The Morgan fingerprint density at radius 3 is 3.00 bits per heavy atom. The van der Waals surface area contributed by atoms with Crippen molar-refractivity contribution in [2.75, 3.05) is 19.7 Å². The second-order valence-corrected chi connectivity index (χ2v) is 7.82. The summed E-state index contributed by atoms with van der Waals surface area (Å²) in [6.07, 6.45) is 6.79. The normalized spacial score (nSPS) is 23.6. The van der Waals surface area contributed by atoms with E-state index >= 15 is 0 Å². The number of hydrogen-bond donors (Lipinski definition) is 0. The summed E-state index contributed by atoms with van der Waals surface area (Å²) in [5.41, 5.74) is 1.19. The van der Waals surface area contributed by atoms with Gasteiger partial charge in [0.2, 0.25) is 0 Å². The van der Waals surface area contributed by atoms with Gasteiger partial charge in [-0.3, -0.25) is 9.88 Å². The van der Waals surface area contributed by atoms with Crippen LogP contribution in [0.3, 0.4) is 0 Å². The van der Waals surface area contributed by atoms with Gasteiger partial charge in [0.25, 0.3) is 0 Å². The van der Waals surface area contributed by atoms with Crippen LogP contribution in [0, 0.1) is 6.92 Å². The summed E-state index contributed by atoms with van der Waals surface area (Å²) < 4.78 is 12.2. The number of pyridine rings is 1. The maximum absolute atomic E-state index is 6.18. The van der Waals surface area contributed by atoms with E-state index in [0.29, 0.717) is 6.61 Å². The van der Waals surface area contributed by atoms with Crippen LogP contribution in [0.25, 0.3) is 0 Å². The van der Waals surface area contributed by atoms with Gasteiger partial charge in [-0.25, -0.2) is 4.98 Å². The molecule has 0 unspecified atom stereocenters. The summed E-state index contributed by atoms with van der Waals surface area (Å²) in [6, 6.07) is 3.86. The average molecular weight is 345 g/mol. The Morgan fingerprint density at radius 1 is 1.42 bits per heavy atom. The molecule has 1 atom stereocenters. The van der Waals surface area contributed by atoms with Gasteiger partial charge >= 0.3 is 0 Å². The van der Waals surface area contributed by atoms with E-state index in [1.54, 1.807) is 23.7 Å². The van der Waals surface area contributed by atoms with Crippen molar-refractivity contribution in [1.82, 2.24) is 14.9 Å². The number of piperidine rings is 1. The fraction of sp³-hybridized carbons (Fsp3) is 0.556. The highest BCUT2D eigenvalue weighted by atomic mass is 32.1. The van der Waals surface area contributed by atoms with Crippen LogP contribution in [-0.4, -0.2) is 46.3 Å². The molecular formula is C18H23N3O2S. The molecule has 2 aliphatic heterocycles. The molecule has 1 spiro atoms. The third-order valence-corrected chi connectivity index (χ3v) is 5.75. The minimum absolute atomic E-state index is 0.00136. The molecule has 0 saturated carbocycles. The molecule has 4 rings (SSSR count). The molecule has 24 heavy (non-hydrogen) atoms. The maximum atomic E-state index is 6.18. The lowest BCUT2D eigenvalue weighted by atomic mass is 9.88. The van der Waals surface area contributed by atoms with Crippen molar-refractivity contribution in [3.63, 3.8) is 0 Å². The summed E-state index contributed by atoms with van der Waals surface area (Å²) in [6.45, 7) is 5.83. The van der Waals surface area contributed by atoms with Gasteiger partial charge in [-0.1, -0.05) is 0 Å². The minimum Gasteiger partial charge on any atom is -0.486 e. The van der Waals surface area contributed by atoms with Crippen LogP contribution in [0.4, 0.5) is 0 Å². The van der Waals surface area contributed by atoms with Crippen molar-refractivity contribution in [3.8, 4) is 5.75 Å². The molecule has 0 N–H and O–H groups in total. The van der Waals surface area contributed by atoms with Crippen molar-refractivity contribution >= 4 is 11.3 Å². The molecule has 2 aromatic rings.